The number of fused-ring (bicyclic) bond motifs is 3. The number of rotatable bonds is 0. The van der Waals surface area contributed by atoms with Gasteiger partial charge in [0.15, 0.2) is 0 Å². The molecule has 1 nitrogen and oxygen atoms in total. The highest BCUT2D eigenvalue weighted by molar-refractivity contribution is 5.78. The van der Waals surface area contributed by atoms with Crippen molar-refractivity contribution < 1.29 is 0 Å². The van der Waals surface area contributed by atoms with E-state index in [9.17, 15) is 0 Å². The molecule has 1 aliphatic carbocycles. The molecule has 0 bridgehead atoms. The van der Waals surface area contributed by atoms with E-state index in [1.807, 2.05) is 0 Å². The lowest BCUT2D eigenvalue weighted by atomic mass is 10.1. The van der Waals surface area contributed by atoms with Crippen molar-refractivity contribution in [1.82, 2.24) is 4.98 Å². The van der Waals surface area contributed by atoms with Crippen molar-refractivity contribution in [1.29, 1.82) is 0 Å². The Hall–Kier alpha value is -1.50. The highest BCUT2D eigenvalue weighted by atomic mass is 14.7. The molecule has 2 aromatic rings. The molecule has 0 unspecified atom stereocenters. The SMILES string of the molecule is Cc1[nH]cc2c1-c1ccccc1C2. The molecule has 0 spiro atoms. The van der Waals surface area contributed by atoms with E-state index in [1.165, 1.54) is 27.9 Å². The Morgan fingerprint density at radius 2 is 2.00 bits per heavy atom. The van der Waals surface area contributed by atoms with Gasteiger partial charge in [-0.25, -0.2) is 0 Å². The first-order valence-corrected chi connectivity index (χ1v) is 4.61. The van der Waals surface area contributed by atoms with E-state index in [4.69, 9.17) is 0 Å². The Balaban J connectivity index is 2.35. The van der Waals surface area contributed by atoms with E-state index in [2.05, 4.69) is 42.4 Å². The molecule has 0 radical (unpaired) electrons. The number of H-pyrrole nitrogens is 1. The van der Waals surface area contributed by atoms with E-state index >= 15 is 0 Å². The summed E-state index contributed by atoms with van der Waals surface area (Å²) in [7, 11) is 0. The Kier molecular flexibility index (Phi) is 1.21. The second-order valence-electron chi connectivity index (χ2n) is 3.65. The van der Waals surface area contributed by atoms with Gasteiger partial charge < -0.3 is 4.98 Å². The van der Waals surface area contributed by atoms with Gasteiger partial charge in [0.25, 0.3) is 0 Å². The Labute approximate surface area is 77.4 Å². The molecular formula is C12H11N. The van der Waals surface area contributed by atoms with Crippen LogP contribution in [0.2, 0.25) is 0 Å². The molecule has 0 aliphatic heterocycles. The first-order chi connectivity index (χ1) is 6.36. The molecule has 64 valence electrons. The Bertz CT molecular complexity index is 466. The zero-order valence-electron chi connectivity index (χ0n) is 7.59. The zero-order chi connectivity index (χ0) is 8.84. The lowest BCUT2D eigenvalue weighted by Crippen LogP contribution is -1.80. The number of hydrogen-bond donors (Lipinski definition) is 1. The molecule has 0 atom stereocenters. The third-order valence-corrected chi connectivity index (χ3v) is 2.83. The maximum Gasteiger partial charge on any atom is 0.0198 e. The molecular weight excluding hydrogens is 158 g/mol. The fourth-order valence-corrected chi connectivity index (χ4v) is 2.22. The molecule has 0 fully saturated rings. The van der Waals surface area contributed by atoms with E-state index in [1.54, 1.807) is 0 Å². The van der Waals surface area contributed by atoms with Crippen LogP contribution in [0.4, 0.5) is 0 Å². The van der Waals surface area contributed by atoms with E-state index < -0.39 is 0 Å². The lowest BCUT2D eigenvalue weighted by molar-refractivity contribution is 1.21. The summed E-state index contributed by atoms with van der Waals surface area (Å²) in [6, 6.07) is 8.65. The Morgan fingerprint density at radius 1 is 1.15 bits per heavy atom. The Morgan fingerprint density at radius 3 is 2.92 bits per heavy atom. The molecule has 0 saturated carbocycles. The average molecular weight is 169 g/mol. The summed E-state index contributed by atoms with van der Waals surface area (Å²) in [6.45, 7) is 2.14. The lowest BCUT2D eigenvalue weighted by Gasteiger charge is -1.99. The van der Waals surface area contributed by atoms with E-state index in [0.717, 1.165) is 6.42 Å². The number of aryl methyl sites for hydroxylation is 1. The molecule has 3 rings (SSSR count). The average Bonchev–Trinajstić information content (AvgIpc) is 2.66. The van der Waals surface area contributed by atoms with Gasteiger partial charge in [-0.2, -0.15) is 0 Å². The van der Waals surface area contributed by atoms with Crippen LogP contribution in [0.25, 0.3) is 11.1 Å². The monoisotopic (exact) mass is 169 g/mol. The van der Waals surface area contributed by atoms with Crippen LogP contribution in [-0.2, 0) is 6.42 Å². The fraction of sp³-hybridized carbons (Fsp3) is 0.167. The van der Waals surface area contributed by atoms with Gasteiger partial charge in [0.1, 0.15) is 0 Å². The maximum atomic E-state index is 3.28. The molecule has 1 aromatic carbocycles. The van der Waals surface area contributed by atoms with Crippen molar-refractivity contribution in [3.05, 3.63) is 47.3 Å². The van der Waals surface area contributed by atoms with Crippen LogP contribution < -0.4 is 0 Å². The predicted molar refractivity (Wildman–Crippen MR) is 53.8 cm³/mol. The summed E-state index contributed by atoms with van der Waals surface area (Å²) in [6.07, 6.45) is 3.22. The predicted octanol–water partition coefficient (Wildman–Crippen LogP) is 2.89. The highest BCUT2D eigenvalue weighted by Crippen LogP contribution is 2.38. The molecule has 13 heavy (non-hydrogen) atoms. The number of benzene rings is 1. The van der Waals surface area contributed by atoms with Gasteiger partial charge >= 0.3 is 0 Å². The highest BCUT2D eigenvalue weighted by Gasteiger charge is 2.20. The molecule has 1 heterocycles. The third-order valence-electron chi connectivity index (χ3n) is 2.83. The summed E-state index contributed by atoms with van der Waals surface area (Å²) in [4.78, 5) is 3.28. The first-order valence-electron chi connectivity index (χ1n) is 4.61. The molecule has 1 aliphatic rings. The number of hydrogen-bond acceptors (Lipinski definition) is 0. The number of aromatic nitrogens is 1. The summed E-state index contributed by atoms with van der Waals surface area (Å²) < 4.78 is 0. The molecule has 1 aromatic heterocycles. The normalized spacial score (nSPS) is 12.7. The van der Waals surface area contributed by atoms with Gasteiger partial charge in [-0.3, -0.25) is 0 Å². The maximum absolute atomic E-state index is 3.28. The van der Waals surface area contributed by atoms with Crippen LogP contribution in [0.5, 0.6) is 0 Å². The van der Waals surface area contributed by atoms with Gasteiger partial charge in [-0.15, -0.1) is 0 Å². The number of aromatic amines is 1. The van der Waals surface area contributed by atoms with Crippen molar-refractivity contribution in [3.8, 4) is 11.1 Å². The standard InChI is InChI=1S/C12H11N/c1-8-12-10(7-13-8)6-9-4-2-3-5-11(9)12/h2-5,7,13H,6H2,1H3. The first kappa shape index (κ1) is 6.96. The van der Waals surface area contributed by atoms with Crippen LogP contribution >= 0.6 is 0 Å². The summed E-state index contributed by atoms with van der Waals surface area (Å²) >= 11 is 0. The van der Waals surface area contributed by atoms with Gasteiger partial charge in [0.2, 0.25) is 0 Å². The quantitative estimate of drug-likeness (QED) is 0.532. The van der Waals surface area contributed by atoms with Crippen LogP contribution in [0.3, 0.4) is 0 Å². The summed E-state index contributed by atoms with van der Waals surface area (Å²) in [5.74, 6) is 0. The summed E-state index contributed by atoms with van der Waals surface area (Å²) in [5.41, 5.74) is 7.04. The van der Waals surface area contributed by atoms with Crippen LogP contribution in [-0.4, -0.2) is 4.98 Å². The van der Waals surface area contributed by atoms with Crippen molar-refractivity contribution in [2.45, 2.75) is 13.3 Å². The van der Waals surface area contributed by atoms with Crippen LogP contribution in [0.1, 0.15) is 16.8 Å². The molecule has 1 heteroatoms. The van der Waals surface area contributed by atoms with Crippen molar-refractivity contribution in [2.75, 3.05) is 0 Å². The van der Waals surface area contributed by atoms with Gasteiger partial charge in [0, 0.05) is 23.9 Å². The number of nitrogens with one attached hydrogen (secondary N) is 1. The smallest absolute Gasteiger partial charge is 0.0198 e. The minimum atomic E-state index is 1.09. The van der Waals surface area contributed by atoms with Crippen molar-refractivity contribution in [3.63, 3.8) is 0 Å². The minimum Gasteiger partial charge on any atom is -0.364 e. The van der Waals surface area contributed by atoms with Gasteiger partial charge in [0.05, 0.1) is 0 Å². The minimum absolute atomic E-state index is 1.09. The molecule has 0 amide bonds. The fourth-order valence-electron chi connectivity index (χ4n) is 2.22. The van der Waals surface area contributed by atoms with E-state index in [-0.39, 0.29) is 0 Å². The van der Waals surface area contributed by atoms with E-state index in [0.29, 0.717) is 0 Å². The molecule has 0 saturated heterocycles. The third kappa shape index (κ3) is 0.816. The van der Waals surface area contributed by atoms with Crippen molar-refractivity contribution >= 4 is 0 Å². The van der Waals surface area contributed by atoms with Gasteiger partial charge in [-0.1, -0.05) is 24.3 Å². The topological polar surface area (TPSA) is 15.8 Å². The second kappa shape index (κ2) is 2.25. The second-order valence-corrected chi connectivity index (χ2v) is 3.65. The molecule has 1 N–H and O–H groups in total. The van der Waals surface area contributed by atoms with Crippen LogP contribution in [0.15, 0.2) is 30.5 Å². The van der Waals surface area contributed by atoms with Gasteiger partial charge in [-0.05, 0) is 23.6 Å². The zero-order valence-corrected chi connectivity index (χ0v) is 7.59. The summed E-state index contributed by atoms with van der Waals surface area (Å²) in [5, 5.41) is 0. The van der Waals surface area contributed by atoms with Crippen LogP contribution in [0, 0.1) is 6.92 Å². The van der Waals surface area contributed by atoms with Crippen molar-refractivity contribution in [2.24, 2.45) is 0 Å². The largest absolute Gasteiger partial charge is 0.364 e.